The molecule has 8 heteroatoms. The van der Waals surface area contributed by atoms with Crippen LogP contribution in [0, 0.1) is 25.6 Å². The minimum atomic E-state index is -0.301. The molecule has 0 unspecified atom stereocenters. The molecule has 3 N–H and O–H groups in total. The highest BCUT2D eigenvalue weighted by Gasteiger charge is 2.31. The second-order valence-electron chi connectivity index (χ2n) is 7.64. The Balaban J connectivity index is 1.39. The first-order valence-corrected chi connectivity index (χ1v) is 9.75. The minimum Gasteiger partial charge on any atom is -0.396 e. The number of amides is 2. The molecule has 7 nitrogen and oxygen atoms in total. The SMILES string of the molecule is Cc1ncc(CC2CN(C(=O)Nc3nc(-c4ccc(F)cc4C)ccc3N)C2)cn1. The number of nitrogens with one attached hydrogen (secondary N) is 1. The summed E-state index contributed by atoms with van der Waals surface area (Å²) in [6, 6.07) is 7.72. The Morgan fingerprint density at radius 2 is 1.93 bits per heavy atom. The number of aromatic nitrogens is 3. The predicted molar refractivity (Wildman–Crippen MR) is 113 cm³/mol. The highest BCUT2D eigenvalue weighted by atomic mass is 19.1. The van der Waals surface area contributed by atoms with Crippen LogP contribution in [0.3, 0.4) is 0 Å². The fourth-order valence-corrected chi connectivity index (χ4v) is 3.54. The van der Waals surface area contributed by atoms with Crippen molar-refractivity contribution in [1.82, 2.24) is 19.9 Å². The van der Waals surface area contributed by atoms with Gasteiger partial charge in [-0.2, -0.15) is 0 Å². The molecule has 1 aromatic carbocycles. The topological polar surface area (TPSA) is 97.0 Å². The first kappa shape index (κ1) is 19.8. The van der Waals surface area contributed by atoms with E-state index in [4.69, 9.17) is 5.73 Å². The van der Waals surface area contributed by atoms with Gasteiger partial charge in [-0.15, -0.1) is 0 Å². The van der Waals surface area contributed by atoms with Crippen molar-refractivity contribution in [2.45, 2.75) is 20.3 Å². The Hall–Kier alpha value is -3.55. The summed E-state index contributed by atoms with van der Waals surface area (Å²) in [6.07, 6.45) is 4.50. The summed E-state index contributed by atoms with van der Waals surface area (Å²) >= 11 is 0. The molecule has 0 atom stereocenters. The van der Waals surface area contributed by atoms with E-state index in [-0.39, 0.29) is 11.8 Å². The second kappa shape index (κ2) is 8.06. The third kappa shape index (κ3) is 4.22. The Morgan fingerprint density at radius 1 is 1.20 bits per heavy atom. The van der Waals surface area contributed by atoms with Crippen LogP contribution in [0.25, 0.3) is 11.3 Å². The Kier molecular flexibility index (Phi) is 5.31. The number of anilines is 2. The van der Waals surface area contributed by atoms with E-state index < -0.39 is 0 Å². The zero-order valence-electron chi connectivity index (χ0n) is 16.9. The molecule has 0 spiro atoms. The van der Waals surface area contributed by atoms with Crippen molar-refractivity contribution in [3.63, 3.8) is 0 Å². The first-order valence-electron chi connectivity index (χ1n) is 9.75. The molecular weight excluding hydrogens is 383 g/mol. The molecule has 0 saturated carbocycles. The van der Waals surface area contributed by atoms with Crippen LogP contribution in [0.2, 0.25) is 0 Å². The van der Waals surface area contributed by atoms with Crippen molar-refractivity contribution in [2.75, 3.05) is 24.1 Å². The molecule has 0 bridgehead atoms. The highest BCUT2D eigenvalue weighted by Crippen LogP contribution is 2.27. The van der Waals surface area contributed by atoms with Gasteiger partial charge in [0, 0.05) is 31.0 Å². The van der Waals surface area contributed by atoms with Gasteiger partial charge in [0.05, 0.1) is 11.4 Å². The lowest BCUT2D eigenvalue weighted by molar-refractivity contribution is 0.131. The van der Waals surface area contributed by atoms with Gasteiger partial charge in [-0.05, 0) is 67.6 Å². The Morgan fingerprint density at radius 3 is 2.63 bits per heavy atom. The Bertz CT molecular complexity index is 1080. The lowest BCUT2D eigenvalue weighted by atomic mass is 9.94. The minimum absolute atomic E-state index is 0.237. The number of likely N-dealkylation sites (tertiary alicyclic amines) is 1. The number of benzene rings is 1. The summed E-state index contributed by atoms with van der Waals surface area (Å²) in [6.45, 7) is 4.96. The van der Waals surface area contributed by atoms with Crippen LogP contribution >= 0.6 is 0 Å². The number of nitrogens with zero attached hydrogens (tertiary/aromatic N) is 4. The number of nitrogens with two attached hydrogens (primary N) is 1. The average molecular weight is 406 g/mol. The van der Waals surface area contributed by atoms with Crippen LogP contribution in [-0.4, -0.2) is 39.0 Å². The molecule has 1 aliphatic rings. The second-order valence-corrected chi connectivity index (χ2v) is 7.64. The zero-order chi connectivity index (χ0) is 21.3. The fraction of sp³-hybridized carbons (Fsp3) is 0.273. The van der Waals surface area contributed by atoms with E-state index >= 15 is 0 Å². The number of carbonyl (C=O) groups is 1. The maximum absolute atomic E-state index is 13.4. The molecule has 154 valence electrons. The summed E-state index contributed by atoms with van der Waals surface area (Å²) in [4.78, 5) is 27.2. The summed E-state index contributed by atoms with van der Waals surface area (Å²) in [7, 11) is 0. The largest absolute Gasteiger partial charge is 0.396 e. The normalized spacial score (nSPS) is 13.8. The van der Waals surface area contributed by atoms with E-state index in [1.165, 1.54) is 12.1 Å². The van der Waals surface area contributed by atoms with Gasteiger partial charge in [-0.1, -0.05) is 0 Å². The quantitative estimate of drug-likeness (QED) is 0.690. The van der Waals surface area contributed by atoms with Crippen molar-refractivity contribution < 1.29 is 9.18 Å². The van der Waals surface area contributed by atoms with Gasteiger partial charge in [-0.25, -0.2) is 24.1 Å². The lowest BCUT2D eigenvalue weighted by Gasteiger charge is -2.39. The van der Waals surface area contributed by atoms with E-state index in [1.807, 2.05) is 26.2 Å². The monoisotopic (exact) mass is 406 g/mol. The number of urea groups is 1. The van der Waals surface area contributed by atoms with Crippen molar-refractivity contribution in [2.24, 2.45) is 5.92 Å². The van der Waals surface area contributed by atoms with Crippen LogP contribution in [0.5, 0.6) is 0 Å². The number of carbonyl (C=O) groups excluding carboxylic acids is 1. The van der Waals surface area contributed by atoms with Gasteiger partial charge >= 0.3 is 6.03 Å². The van der Waals surface area contributed by atoms with Gasteiger partial charge in [-0.3, -0.25) is 5.32 Å². The van der Waals surface area contributed by atoms with Crippen LogP contribution in [0.4, 0.5) is 20.7 Å². The molecule has 0 aliphatic carbocycles. The first-order chi connectivity index (χ1) is 14.4. The fourth-order valence-electron chi connectivity index (χ4n) is 3.54. The molecule has 0 radical (unpaired) electrons. The molecule has 4 rings (SSSR count). The van der Waals surface area contributed by atoms with Crippen LogP contribution in [0.15, 0.2) is 42.7 Å². The maximum atomic E-state index is 13.4. The van der Waals surface area contributed by atoms with E-state index in [0.717, 1.165) is 28.9 Å². The van der Waals surface area contributed by atoms with Crippen LogP contribution < -0.4 is 11.1 Å². The summed E-state index contributed by atoms with van der Waals surface area (Å²) in [5.74, 6) is 1.12. The van der Waals surface area contributed by atoms with E-state index in [9.17, 15) is 9.18 Å². The van der Waals surface area contributed by atoms with Crippen LogP contribution in [-0.2, 0) is 6.42 Å². The average Bonchev–Trinajstić information content (AvgIpc) is 2.67. The van der Waals surface area contributed by atoms with E-state index in [0.29, 0.717) is 36.2 Å². The number of halogens is 1. The van der Waals surface area contributed by atoms with E-state index in [2.05, 4.69) is 20.3 Å². The van der Waals surface area contributed by atoms with Crippen LogP contribution in [0.1, 0.15) is 17.0 Å². The number of nitrogen functional groups attached to an aromatic ring is 1. The third-order valence-electron chi connectivity index (χ3n) is 5.22. The van der Waals surface area contributed by atoms with Crippen molar-refractivity contribution in [3.8, 4) is 11.3 Å². The third-order valence-corrected chi connectivity index (χ3v) is 5.22. The number of rotatable bonds is 4. The van der Waals surface area contributed by atoms with Gasteiger partial charge < -0.3 is 10.6 Å². The highest BCUT2D eigenvalue weighted by molar-refractivity contribution is 5.92. The van der Waals surface area contributed by atoms with Crippen molar-refractivity contribution in [3.05, 3.63) is 65.5 Å². The van der Waals surface area contributed by atoms with Gasteiger partial charge in [0.15, 0.2) is 5.82 Å². The predicted octanol–water partition coefficient (Wildman–Crippen LogP) is 3.58. The van der Waals surface area contributed by atoms with Gasteiger partial charge in [0.25, 0.3) is 0 Å². The lowest BCUT2D eigenvalue weighted by Crippen LogP contribution is -2.52. The molecule has 3 heterocycles. The molecular formula is C22H23FN6O. The van der Waals surface area contributed by atoms with Gasteiger partial charge in [0.1, 0.15) is 11.6 Å². The Labute approximate surface area is 174 Å². The number of aryl methyl sites for hydroxylation is 2. The molecule has 30 heavy (non-hydrogen) atoms. The molecule has 3 aromatic rings. The summed E-state index contributed by atoms with van der Waals surface area (Å²) in [5.41, 5.74) is 9.62. The molecule has 2 aromatic heterocycles. The van der Waals surface area contributed by atoms with E-state index in [1.54, 1.807) is 23.1 Å². The molecule has 1 saturated heterocycles. The van der Waals surface area contributed by atoms with Gasteiger partial charge in [0.2, 0.25) is 0 Å². The zero-order valence-corrected chi connectivity index (χ0v) is 16.9. The van der Waals surface area contributed by atoms with Crippen molar-refractivity contribution in [1.29, 1.82) is 0 Å². The maximum Gasteiger partial charge on any atom is 0.323 e. The standard InChI is InChI=1S/C22H23FN6O/c1-13-7-17(23)3-4-18(13)20-6-5-19(24)21(27-20)28-22(30)29-11-16(12-29)8-15-9-25-14(2)26-10-15/h3-7,9-10,16H,8,11-12,24H2,1-2H3,(H,27,28,30). The van der Waals surface area contributed by atoms with Crippen molar-refractivity contribution >= 4 is 17.5 Å². The number of pyridine rings is 1. The number of hydrogen-bond acceptors (Lipinski definition) is 5. The smallest absolute Gasteiger partial charge is 0.323 e. The molecule has 2 amide bonds. The molecule has 1 fully saturated rings. The number of hydrogen-bond donors (Lipinski definition) is 2. The molecule has 1 aliphatic heterocycles. The summed E-state index contributed by atoms with van der Waals surface area (Å²) < 4.78 is 13.4. The summed E-state index contributed by atoms with van der Waals surface area (Å²) in [5, 5.41) is 2.80.